The number of hydrogen-bond donors (Lipinski definition) is 1. The number of carboxylic acid groups (broad SMARTS) is 1. The molecule has 0 aliphatic carbocycles. The molecule has 0 saturated heterocycles. The Morgan fingerprint density at radius 1 is 1.88 bits per heavy atom. The molecule has 0 saturated carbocycles. The van der Waals surface area contributed by atoms with Crippen LogP contribution in [0.25, 0.3) is 0 Å². The van der Waals surface area contributed by atoms with Crippen molar-refractivity contribution in [1.82, 2.24) is 0 Å². The van der Waals surface area contributed by atoms with E-state index < -0.39 is 21.2 Å². The fourth-order valence-electron chi connectivity index (χ4n) is 0.319. The molecule has 0 amide bonds. The van der Waals surface area contributed by atoms with Crippen LogP contribution in [-0.2, 0) is 4.79 Å². The summed E-state index contributed by atoms with van der Waals surface area (Å²) in [6.07, 6.45) is 0.166. The Kier molecular flexibility index (Phi) is 4.35. The third kappa shape index (κ3) is 5.49. The van der Waals surface area contributed by atoms with E-state index in [4.69, 9.17) is 10.4 Å². The molecule has 0 radical (unpaired) electrons. The van der Waals surface area contributed by atoms with E-state index in [0.717, 1.165) is 0 Å². The first-order valence-electron chi connectivity index (χ1n) is 2.36. The minimum atomic E-state index is -0.798. The van der Waals surface area contributed by atoms with Gasteiger partial charge in [0.2, 0.25) is 0 Å². The number of nitrogens with zero attached hydrogens (tertiary/aromatic N) is 1. The van der Waals surface area contributed by atoms with Gasteiger partial charge >= 0.3 is 21.2 Å². The monoisotopic (exact) mass is 127 g/mol. The molecule has 0 aromatic carbocycles. The predicted molar refractivity (Wildman–Crippen MR) is 29.8 cm³/mol. The lowest BCUT2D eigenvalue weighted by Crippen LogP contribution is -1.95. The zero-order valence-electron chi connectivity index (χ0n) is 4.42. The molecule has 0 atom stereocenters. The van der Waals surface area contributed by atoms with Crippen LogP contribution < -0.4 is 0 Å². The third-order valence-corrected chi connectivity index (χ3v) is 1.61. The minimum absolute atomic E-state index is 0.166. The Morgan fingerprint density at radius 3 is 2.88 bits per heavy atom. The average Bonchev–Trinajstić information content (AvgIpc) is 1.66. The highest BCUT2D eigenvalue weighted by Crippen LogP contribution is 1.85. The van der Waals surface area contributed by atoms with Gasteiger partial charge in [0, 0.05) is 6.42 Å². The molecule has 42 valence electrons. The molecule has 3 nitrogen and oxygen atoms in total. The van der Waals surface area contributed by atoms with Crippen LogP contribution in [0.1, 0.15) is 6.42 Å². The van der Waals surface area contributed by atoms with Crippen molar-refractivity contribution in [3.63, 3.8) is 0 Å². The molecular weight excluding hydrogens is 121 g/mol. The van der Waals surface area contributed by atoms with Crippen LogP contribution in [0.3, 0.4) is 0 Å². The minimum Gasteiger partial charge on any atom is -0.481 e. The summed E-state index contributed by atoms with van der Waals surface area (Å²) in [4.78, 5) is 11.8. The van der Waals surface area contributed by atoms with Gasteiger partial charge in [-0.25, -0.2) is 5.26 Å². The number of carboxylic acids is 1. The zero-order chi connectivity index (χ0) is 6.41. The van der Waals surface area contributed by atoms with Crippen LogP contribution in [0.2, 0.25) is 5.28 Å². The van der Waals surface area contributed by atoms with Crippen molar-refractivity contribution in [2.45, 2.75) is 11.7 Å². The van der Waals surface area contributed by atoms with Crippen molar-refractivity contribution in [2.75, 3.05) is 0 Å². The van der Waals surface area contributed by atoms with Gasteiger partial charge in [-0.3, -0.25) is 4.79 Å². The molecule has 4 heteroatoms. The quantitative estimate of drug-likeness (QED) is 0.421. The van der Waals surface area contributed by atoms with Gasteiger partial charge < -0.3 is 5.11 Å². The second-order valence-corrected chi connectivity index (χ2v) is 2.93. The molecule has 8 heavy (non-hydrogen) atoms. The molecule has 0 fully saturated rings. The van der Waals surface area contributed by atoms with E-state index >= 15 is 0 Å². The number of aliphatic carboxylic acids is 1. The van der Waals surface area contributed by atoms with Gasteiger partial charge in [-0.2, -0.15) is 0 Å². The summed E-state index contributed by atoms with van der Waals surface area (Å²) in [7, 11) is 0. The maximum atomic E-state index is 9.79. The Hall–Kier alpha value is -0.508. The van der Waals surface area contributed by atoms with Crippen LogP contribution in [0.5, 0.6) is 0 Å². The summed E-state index contributed by atoms with van der Waals surface area (Å²) in [5.74, 6) is -0.798. The molecule has 0 aromatic rings. The van der Waals surface area contributed by atoms with Gasteiger partial charge in [0.15, 0.2) is 0 Å². The molecule has 0 aliphatic rings. The summed E-state index contributed by atoms with van der Waals surface area (Å²) in [6.45, 7) is 0. The van der Waals surface area contributed by atoms with Gasteiger partial charge in [-0.1, -0.05) is 10.2 Å². The molecule has 0 heterocycles. The molecule has 0 spiro atoms. The Labute approximate surface area is 53.6 Å². The highest BCUT2D eigenvalue weighted by atomic mass is 27.1. The average molecular weight is 127 g/mol. The standard InChI is InChI=1S/C3H5O2.CN.Al.H/c1-2-3(4)5;1-2;;/h1-2H2,(H,4,5);;;. The maximum absolute atomic E-state index is 9.79. The lowest BCUT2D eigenvalue weighted by Gasteiger charge is -1.82. The van der Waals surface area contributed by atoms with E-state index in [2.05, 4.69) is 0 Å². The van der Waals surface area contributed by atoms with Crippen molar-refractivity contribution in [3.8, 4) is 4.93 Å². The number of hydrogen-bond acceptors (Lipinski definition) is 2. The van der Waals surface area contributed by atoms with Crippen molar-refractivity contribution < 1.29 is 9.90 Å². The molecule has 0 bridgehead atoms. The lowest BCUT2D eigenvalue weighted by molar-refractivity contribution is -0.136. The normalized spacial score (nSPS) is 7.38. The van der Waals surface area contributed by atoms with Crippen molar-refractivity contribution in [2.24, 2.45) is 0 Å². The van der Waals surface area contributed by atoms with E-state index in [-0.39, 0.29) is 6.42 Å². The van der Waals surface area contributed by atoms with Crippen molar-refractivity contribution in [1.29, 1.82) is 5.26 Å². The van der Waals surface area contributed by atoms with Crippen LogP contribution in [0, 0.1) is 10.2 Å². The molecule has 0 aliphatic heterocycles. The lowest BCUT2D eigenvalue weighted by atomic mass is 10.5. The SMILES string of the molecule is N#[C][AlH][CH2]CC(=O)O. The molecule has 0 aromatic heterocycles. The molecule has 1 N–H and O–H groups in total. The summed E-state index contributed by atoms with van der Waals surface area (Å²) in [5, 5.41) is 16.7. The predicted octanol–water partition coefficient (Wildman–Crippen LogP) is -0.203. The number of carbonyl (C=O) groups is 1. The molecule has 0 rings (SSSR count). The fourth-order valence-corrected chi connectivity index (χ4v) is 0.956. The smallest absolute Gasteiger partial charge is 0.400 e. The van der Waals surface area contributed by atoms with Gasteiger partial charge in [-0.15, -0.1) is 0 Å². The first-order valence-corrected chi connectivity index (χ1v) is 4.07. The van der Waals surface area contributed by atoms with Gasteiger partial charge in [0.25, 0.3) is 0 Å². The summed E-state index contributed by atoms with van der Waals surface area (Å²) in [5.41, 5.74) is 0. The first-order chi connectivity index (χ1) is 3.77. The van der Waals surface area contributed by atoms with Crippen LogP contribution >= 0.6 is 0 Å². The van der Waals surface area contributed by atoms with Gasteiger partial charge in [0.1, 0.15) is 0 Å². The highest BCUT2D eigenvalue weighted by Gasteiger charge is 1.96. The number of rotatable bonds is 3. The Bertz CT molecular complexity index is 118. The summed E-state index contributed by atoms with van der Waals surface area (Å²) >= 11 is -0.696. The zero-order valence-corrected chi connectivity index (χ0v) is 5.84. The van der Waals surface area contributed by atoms with E-state index in [0.29, 0.717) is 5.28 Å². The fraction of sp³-hybridized carbons (Fsp3) is 0.500. The largest absolute Gasteiger partial charge is 0.481 e. The molecule has 0 unspecified atom stereocenters. The van der Waals surface area contributed by atoms with Crippen LogP contribution in [-0.4, -0.2) is 26.3 Å². The second kappa shape index (κ2) is 4.65. The highest BCUT2D eigenvalue weighted by molar-refractivity contribution is 6.45. The maximum Gasteiger partial charge on any atom is 0.400 e. The van der Waals surface area contributed by atoms with E-state index in [9.17, 15) is 4.79 Å². The van der Waals surface area contributed by atoms with E-state index in [1.54, 1.807) is 0 Å². The molecular formula is C4H6AlNO2. The van der Waals surface area contributed by atoms with Gasteiger partial charge in [-0.05, 0) is 0 Å². The van der Waals surface area contributed by atoms with E-state index in [1.165, 1.54) is 0 Å². The van der Waals surface area contributed by atoms with Crippen molar-refractivity contribution in [3.05, 3.63) is 0 Å². The number of nitriles is 1. The summed E-state index contributed by atoms with van der Waals surface area (Å²) < 4.78 is 0. The summed E-state index contributed by atoms with van der Waals surface area (Å²) in [6, 6.07) is 0. The Morgan fingerprint density at radius 2 is 2.50 bits per heavy atom. The van der Waals surface area contributed by atoms with Crippen LogP contribution in [0.15, 0.2) is 0 Å². The van der Waals surface area contributed by atoms with Crippen LogP contribution in [0.4, 0.5) is 0 Å². The Balaban J connectivity index is 2.97. The van der Waals surface area contributed by atoms with Gasteiger partial charge in [0.05, 0.1) is 0 Å². The topological polar surface area (TPSA) is 61.1 Å². The first kappa shape index (κ1) is 7.49. The third-order valence-electron chi connectivity index (χ3n) is 0.679. The van der Waals surface area contributed by atoms with E-state index in [1.807, 2.05) is 4.93 Å². The second-order valence-electron chi connectivity index (χ2n) is 1.41. The van der Waals surface area contributed by atoms with Crippen molar-refractivity contribution >= 4 is 21.2 Å².